The molecule has 162 valence electrons. The number of benzene rings is 1. The zero-order valence-electron chi connectivity index (χ0n) is 16.3. The maximum absolute atomic E-state index is 13.3. The first kappa shape index (κ1) is 21.7. The minimum Gasteiger partial charge on any atom is -0.493 e. The molecule has 1 aromatic carbocycles. The number of aryl methyl sites for hydroxylation is 1. The molecule has 3 rings (SSSR count). The zero-order chi connectivity index (χ0) is 21.9. The van der Waals surface area contributed by atoms with Gasteiger partial charge in [0.05, 0.1) is 18.7 Å². The van der Waals surface area contributed by atoms with E-state index in [2.05, 4.69) is 5.32 Å². The minimum atomic E-state index is -4.68. The first-order chi connectivity index (χ1) is 14.2. The molecule has 0 unspecified atom stereocenters. The highest BCUT2D eigenvalue weighted by Crippen LogP contribution is 2.37. The molecule has 3 amide bonds. The summed E-state index contributed by atoms with van der Waals surface area (Å²) in [6, 6.07) is 2.72. The lowest BCUT2D eigenvalue weighted by molar-refractivity contribution is -0.136. The molecular formula is C20H21F3N2O5. The number of halogens is 3. The van der Waals surface area contributed by atoms with Crippen LogP contribution in [-0.4, -0.2) is 36.5 Å². The van der Waals surface area contributed by atoms with Crippen molar-refractivity contribution in [1.29, 1.82) is 0 Å². The Balaban J connectivity index is 1.75. The Morgan fingerprint density at radius 3 is 2.60 bits per heavy atom. The third-order valence-electron chi connectivity index (χ3n) is 4.75. The van der Waals surface area contributed by atoms with Crippen LogP contribution < -0.4 is 15.7 Å². The molecule has 2 heterocycles. The minimum absolute atomic E-state index is 0.00207. The average molecular weight is 426 g/mol. The van der Waals surface area contributed by atoms with E-state index in [1.54, 1.807) is 0 Å². The molecule has 1 saturated heterocycles. The number of unbranched alkanes of at least 4 members (excludes halogenated alkanes) is 1. The number of carbonyl (C=O) groups is 2. The van der Waals surface area contributed by atoms with E-state index in [0.29, 0.717) is 43.1 Å². The number of amides is 3. The molecule has 2 aromatic rings. The number of ether oxygens (including phenoxy) is 1. The summed E-state index contributed by atoms with van der Waals surface area (Å²) < 4.78 is 50.8. The highest BCUT2D eigenvalue weighted by atomic mass is 19.4. The van der Waals surface area contributed by atoms with Crippen molar-refractivity contribution in [2.24, 2.45) is 0 Å². The lowest BCUT2D eigenvalue weighted by Gasteiger charge is -2.16. The van der Waals surface area contributed by atoms with Crippen LogP contribution in [0.25, 0.3) is 11.0 Å². The molecule has 0 saturated carbocycles. The van der Waals surface area contributed by atoms with Gasteiger partial charge < -0.3 is 14.5 Å². The van der Waals surface area contributed by atoms with E-state index in [0.717, 1.165) is 4.90 Å². The number of imide groups is 1. The summed E-state index contributed by atoms with van der Waals surface area (Å²) in [5.74, 6) is 0.0676. The van der Waals surface area contributed by atoms with Crippen LogP contribution in [-0.2, 0) is 17.4 Å². The molecule has 1 aliphatic rings. The van der Waals surface area contributed by atoms with Crippen molar-refractivity contribution >= 4 is 22.9 Å². The van der Waals surface area contributed by atoms with Crippen LogP contribution in [0.1, 0.15) is 37.3 Å². The van der Waals surface area contributed by atoms with Crippen molar-refractivity contribution in [3.63, 3.8) is 0 Å². The highest BCUT2D eigenvalue weighted by Gasteiger charge is 2.34. The maximum Gasteiger partial charge on any atom is 0.417 e. The van der Waals surface area contributed by atoms with Crippen LogP contribution in [0.3, 0.4) is 0 Å². The molecule has 1 N–H and O–H groups in total. The molecule has 30 heavy (non-hydrogen) atoms. The van der Waals surface area contributed by atoms with Crippen molar-refractivity contribution in [2.75, 3.05) is 19.7 Å². The van der Waals surface area contributed by atoms with Gasteiger partial charge >= 0.3 is 17.8 Å². The molecule has 1 aromatic heterocycles. The molecule has 0 bridgehead atoms. The van der Waals surface area contributed by atoms with Gasteiger partial charge in [-0.1, -0.05) is 13.3 Å². The van der Waals surface area contributed by atoms with Gasteiger partial charge in [0.25, 0.3) is 0 Å². The van der Waals surface area contributed by atoms with E-state index in [1.807, 2.05) is 6.92 Å². The van der Waals surface area contributed by atoms with Crippen LogP contribution in [0.15, 0.2) is 27.4 Å². The van der Waals surface area contributed by atoms with Crippen LogP contribution in [0.4, 0.5) is 18.0 Å². The Hall–Kier alpha value is -3.04. The lowest BCUT2D eigenvalue weighted by atomic mass is 10.0. The summed E-state index contributed by atoms with van der Waals surface area (Å²) in [7, 11) is 0. The van der Waals surface area contributed by atoms with Crippen LogP contribution >= 0.6 is 0 Å². The summed E-state index contributed by atoms with van der Waals surface area (Å²) in [6.07, 6.45) is -2.66. The van der Waals surface area contributed by atoms with Crippen molar-refractivity contribution in [2.45, 2.75) is 38.8 Å². The van der Waals surface area contributed by atoms with Gasteiger partial charge in [-0.3, -0.25) is 9.69 Å². The first-order valence-electron chi connectivity index (χ1n) is 9.60. The number of alkyl halides is 3. The summed E-state index contributed by atoms with van der Waals surface area (Å²) in [5, 5.41) is 2.25. The second-order valence-corrected chi connectivity index (χ2v) is 6.91. The third-order valence-corrected chi connectivity index (χ3v) is 4.75. The number of hydrogen-bond donors (Lipinski definition) is 1. The molecule has 1 aliphatic heterocycles. The van der Waals surface area contributed by atoms with E-state index >= 15 is 0 Å². The number of rotatable bonds is 8. The predicted octanol–water partition coefficient (Wildman–Crippen LogP) is 3.48. The fourth-order valence-corrected chi connectivity index (χ4v) is 3.36. The van der Waals surface area contributed by atoms with Crippen molar-refractivity contribution in [1.82, 2.24) is 10.2 Å². The van der Waals surface area contributed by atoms with Gasteiger partial charge in [0.15, 0.2) is 0 Å². The Labute approximate surface area is 169 Å². The molecule has 0 spiro atoms. The highest BCUT2D eigenvalue weighted by molar-refractivity contribution is 6.01. The molecular weight excluding hydrogens is 405 g/mol. The van der Waals surface area contributed by atoms with E-state index in [9.17, 15) is 27.6 Å². The van der Waals surface area contributed by atoms with Gasteiger partial charge in [0.1, 0.15) is 11.3 Å². The summed E-state index contributed by atoms with van der Waals surface area (Å²) in [5.41, 5.74) is -1.81. The molecule has 1 fully saturated rings. The fourth-order valence-electron chi connectivity index (χ4n) is 3.36. The van der Waals surface area contributed by atoms with Crippen LogP contribution in [0.5, 0.6) is 5.75 Å². The summed E-state index contributed by atoms with van der Waals surface area (Å²) in [4.78, 5) is 35.9. The number of nitrogens with one attached hydrogen (secondary N) is 1. The lowest BCUT2D eigenvalue weighted by Crippen LogP contribution is -2.32. The normalized spacial score (nSPS) is 14.5. The summed E-state index contributed by atoms with van der Waals surface area (Å²) in [6.45, 7) is 2.34. The number of nitrogens with zero attached hydrogens (tertiary/aromatic N) is 1. The van der Waals surface area contributed by atoms with Crippen molar-refractivity contribution in [3.05, 3.63) is 39.7 Å². The standard InChI is InChI=1S/C20H21F3N2O5/c1-2-5-13-15(29-9-4-3-8-25-16(26)11-24-19(25)28)7-6-12-14(20(21,22)23)10-17(27)30-18(12)13/h6-7,10H,2-5,8-9,11H2,1H3,(H,24,28). The number of urea groups is 1. The Morgan fingerprint density at radius 2 is 1.97 bits per heavy atom. The number of fused-ring (bicyclic) bond motifs is 1. The van der Waals surface area contributed by atoms with E-state index in [1.165, 1.54) is 12.1 Å². The molecule has 0 aliphatic carbocycles. The Bertz CT molecular complexity index is 1000. The van der Waals surface area contributed by atoms with Crippen LogP contribution in [0, 0.1) is 0 Å². The van der Waals surface area contributed by atoms with Gasteiger partial charge in [0.2, 0.25) is 5.91 Å². The first-order valence-corrected chi connectivity index (χ1v) is 9.60. The smallest absolute Gasteiger partial charge is 0.417 e. The van der Waals surface area contributed by atoms with E-state index < -0.39 is 23.4 Å². The quantitative estimate of drug-likeness (QED) is 0.397. The Kier molecular flexibility index (Phi) is 6.33. The van der Waals surface area contributed by atoms with Crippen molar-refractivity contribution in [3.8, 4) is 5.75 Å². The predicted molar refractivity (Wildman–Crippen MR) is 101 cm³/mol. The largest absolute Gasteiger partial charge is 0.493 e. The van der Waals surface area contributed by atoms with Gasteiger partial charge in [-0.25, -0.2) is 9.59 Å². The monoisotopic (exact) mass is 426 g/mol. The second-order valence-electron chi connectivity index (χ2n) is 6.91. The summed E-state index contributed by atoms with van der Waals surface area (Å²) >= 11 is 0. The topological polar surface area (TPSA) is 88.9 Å². The van der Waals surface area contributed by atoms with Gasteiger partial charge in [-0.2, -0.15) is 13.2 Å². The average Bonchev–Trinajstić information content (AvgIpc) is 3.00. The van der Waals surface area contributed by atoms with Crippen LogP contribution in [0.2, 0.25) is 0 Å². The number of carbonyl (C=O) groups excluding carboxylic acids is 2. The van der Waals surface area contributed by atoms with Gasteiger partial charge in [0, 0.05) is 23.6 Å². The second kappa shape index (κ2) is 8.76. The van der Waals surface area contributed by atoms with Gasteiger partial charge in [-0.15, -0.1) is 0 Å². The van der Waals surface area contributed by atoms with Crippen molar-refractivity contribution < 1.29 is 31.9 Å². The zero-order valence-corrected chi connectivity index (χ0v) is 16.3. The molecule has 7 nitrogen and oxygen atoms in total. The SMILES string of the molecule is CCCc1c(OCCCCN2C(=O)CNC2=O)ccc2c(C(F)(F)F)cc(=O)oc12. The molecule has 0 atom stereocenters. The maximum atomic E-state index is 13.3. The molecule has 10 heteroatoms. The Morgan fingerprint density at radius 1 is 1.20 bits per heavy atom. The number of hydrogen-bond acceptors (Lipinski definition) is 5. The van der Waals surface area contributed by atoms with E-state index in [-0.39, 0.29) is 36.6 Å². The van der Waals surface area contributed by atoms with Gasteiger partial charge in [-0.05, 0) is 31.4 Å². The van der Waals surface area contributed by atoms with E-state index in [4.69, 9.17) is 9.15 Å². The molecule has 0 radical (unpaired) electrons. The third kappa shape index (κ3) is 4.58. The fraction of sp³-hybridized carbons (Fsp3) is 0.450.